The highest BCUT2D eigenvalue weighted by Gasteiger charge is 2.30. The average Bonchev–Trinajstić information content (AvgIpc) is 3.19. The molecule has 1 amide bonds. The Morgan fingerprint density at radius 2 is 2.32 bits per heavy atom. The number of nitrogens with one attached hydrogen (secondary N) is 3. The van der Waals surface area contributed by atoms with Crippen LogP contribution in [0.2, 0.25) is 0 Å². The molecule has 0 aromatic carbocycles. The molecule has 2 atom stereocenters. The van der Waals surface area contributed by atoms with Crippen molar-refractivity contribution in [3.05, 3.63) is 33.8 Å². The quantitative estimate of drug-likeness (QED) is 0.754. The molecule has 0 saturated carbocycles. The van der Waals surface area contributed by atoms with E-state index in [1.807, 2.05) is 13.1 Å². The number of hydrogen-bond acceptors (Lipinski definition) is 6. The van der Waals surface area contributed by atoms with E-state index in [0.717, 1.165) is 12.1 Å². The van der Waals surface area contributed by atoms with E-state index in [1.54, 1.807) is 16.0 Å². The number of hydrazine groups is 1. The molecule has 1 aliphatic heterocycles. The van der Waals surface area contributed by atoms with E-state index in [2.05, 4.69) is 45.5 Å². The standard InChI is InChI=1S/C14H20N6OS/c1-9-8-20(19-16-9)6-5-15-14(21)12-7-11(17-18-12)13-4-3-10(2)22-13/h3-4,8,11-12,17-18H,5-7H2,1-2H3,(H,15,21). The summed E-state index contributed by atoms with van der Waals surface area (Å²) in [5.41, 5.74) is 7.15. The molecule has 1 aliphatic rings. The molecule has 7 nitrogen and oxygen atoms in total. The topological polar surface area (TPSA) is 83.9 Å². The predicted molar refractivity (Wildman–Crippen MR) is 84.2 cm³/mol. The van der Waals surface area contributed by atoms with Gasteiger partial charge in [-0.1, -0.05) is 5.21 Å². The maximum Gasteiger partial charge on any atom is 0.238 e. The van der Waals surface area contributed by atoms with Crippen LogP contribution in [0.3, 0.4) is 0 Å². The fourth-order valence-corrected chi connectivity index (χ4v) is 3.42. The molecule has 22 heavy (non-hydrogen) atoms. The molecule has 0 spiro atoms. The molecule has 0 radical (unpaired) electrons. The van der Waals surface area contributed by atoms with Crippen LogP contribution in [0, 0.1) is 13.8 Å². The summed E-state index contributed by atoms with van der Waals surface area (Å²) in [5.74, 6) is 0.0140. The minimum Gasteiger partial charge on any atom is -0.353 e. The Bertz CT molecular complexity index is 651. The molecular weight excluding hydrogens is 300 g/mol. The minimum atomic E-state index is -0.204. The van der Waals surface area contributed by atoms with E-state index < -0.39 is 0 Å². The zero-order chi connectivity index (χ0) is 15.5. The zero-order valence-electron chi connectivity index (χ0n) is 12.7. The van der Waals surface area contributed by atoms with Crippen LogP contribution in [0.25, 0.3) is 0 Å². The number of aryl methyl sites for hydroxylation is 2. The largest absolute Gasteiger partial charge is 0.353 e. The Morgan fingerprint density at radius 3 is 3.00 bits per heavy atom. The number of rotatable bonds is 5. The first-order valence-corrected chi connectivity index (χ1v) is 8.15. The first kappa shape index (κ1) is 15.1. The van der Waals surface area contributed by atoms with E-state index in [1.165, 1.54) is 9.75 Å². The van der Waals surface area contributed by atoms with Gasteiger partial charge in [-0.3, -0.25) is 9.48 Å². The normalized spacial score (nSPS) is 21.2. The third kappa shape index (κ3) is 3.52. The van der Waals surface area contributed by atoms with E-state index >= 15 is 0 Å². The Morgan fingerprint density at radius 1 is 1.45 bits per heavy atom. The summed E-state index contributed by atoms with van der Waals surface area (Å²) in [5, 5.41) is 10.8. The molecule has 3 rings (SSSR count). The van der Waals surface area contributed by atoms with Gasteiger partial charge in [0.05, 0.1) is 18.3 Å². The Kier molecular flexibility index (Phi) is 4.51. The lowest BCUT2D eigenvalue weighted by molar-refractivity contribution is -0.122. The van der Waals surface area contributed by atoms with Crippen molar-refractivity contribution >= 4 is 17.2 Å². The third-order valence-corrected chi connectivity index (χ3v) is 4.73. The third-order valence-electron chi connectivity index (χ3n) is 3.62. The van der Waals surface area contributed by atoms with E-state index in [0.29, 0.717) is 13.1 Å². The fourth-order valence-electron chi connectivity index (χ4n) is 2.48. The van der Waals surface area contributed by atoms with E-state index in [-0.39, 0.29) is 18.0 Å². The summed E-state index contributed by atoms with van der Waals surface area (Å²) in [4.78, 5) is 14.7. The number of carbonyl (C=O) groups is 1. The lowest BCUT2D eigenvalue weighted by atomic mass is 10.1. The Labute approximate surface area is 133 Å². The second kappa shape index (κ2) is 6.55. The summed E-state index contributed by atoms with van der Waals surface area (Å²) in [6.45, 7) is 5.15. The molecule has 2 aromatic rings. The van der Waals surface area contributed by atoms with Crippen LogP contribution < -0.4 is 16.2 Å². The van der Waals surface area contributed by atoms with Gasteiger partial charge < -0.3 is 5.32 Å². The van der Waals surface area contributed by atoms with Gasteiger partial charge in [0, 0.05) is 22.5 Å². The summed E-state index contributed by atoms with van der Waals surface area (Å²) >= 11 is 1.76. The van der Waals surface area contributed by atoms with Crippen molar-refractivity contribution in [3.8, 4) is 0 Å². The van der Waals surface area contributed by atoms with Gasteiger partial charge in [-0.05, 0) is 32.4 Å². The van der Waals surface area contributed by atoms with Crippen molar-refractivity contribution in [1.29, 1.82) is 0 Å². The Balaban J connectivity index is 1.45. The lowest BCUT2D eigenvalue weighted by Gasteiger charge is -2.10. The SMILES string of the molecule is Cc1cn(CCNC(=O)C2CC(c3ccc(C)s3)NN2)nn1. The molecule has 2 unspecified atom stereocenters. The predicted octanol–water partition coefficient (Wildman–Crippen LogP) is 0.680. The second-order valence-electron chi connectivity index (χ2n) is 5.49. The van der Waals surface area contributed by atoms with Gasteiger partial charge in [-0.15, -0.1) is 16.4 Å². The summed E-state index contributed by atoms with van der Waals surface area (Å²) in [7, 11) is 0. The van der Waals surface area contributed by atoms with Gasteiger partial charge >= 0.3 is 0 Å². The smallest absolute Gasteiger partial charge is 0.238 e. The molecule has 0 aliphatic carbocycles. The molecule has 3 N–H and O–H groups in total. The van der Waals surface area contributed by atoms with Gasteiger partial charge in [0.1, 0.15) is 6.04 Å². The van der Waals surface area contributed by atoms with Crippen LogP contribution in [-0.4, -0.2) is 33.5 Å². The average molecular weight is 320 g/mol. The maximum atomic E-state index is 12.2. The van der Waals surface area contributed by atoms with Crippen LogP contribution in [0.1, 0.15) is 27.9 Å². The number of carbonyl (C=O) groups excluding carboxylic acids is 1. The molecule has 3 heterocycles. The maximum absolute atomic E-state index is 12.2. The van der Waals surface area contributed by atoms with Crippen molar-refractivity contribution in [2.75, 3.05) is 6.54 Å². The minimum absolute atomic E-state index is 0.0140. The van der Waals surface area contributed by atoms with E-state index in [4.69, 9.17) is 0 Å². The van der Waals surface area contributed by atoms with Gasteiger partial charge in [-0.2, -0.15) is 0 Å². The molecule has 0 bridgehead atoms. The van der Waals surface area contributed by atoms with Crippen molar-refractivity contribution in [1.82, 2.24) is 31.2 Å². The van der Waals surface area contributed by atoms with Gasteiger partial charge in [-0.25, -0.2) is 10.9 Å². The van der Waals surface area contributed by atoms with Crippen LogP contribution in [0.5, 0.6) is 0 Å². The highest BCUT2D eigenvalue weighted by atomic mass is 32.1. The molecule has 8 heteroatoms. The van der Waals surface area contributed by atoms with Gasteiger partial charge in [0.15, 0.2) is 0 Å². The zero-order valence-corrected chi connectivity index (χ0v) is 13.5. The number of thiophene rings is 1. The van der Waals surface area contributed by atoms with Crippen LogP contribution in [0.4, 0.5) is 0 Å². The van der Waals surface area contributed by atoms with Gasteiger partial charge in [0.25, 0.3) is 0 Å². The fraction of sp³-hybridized carbons (Fsp3) is 0.500. The Hall–Kier alpha value is -1.77. The molecule has 1 fully saturated rings. The molecule has 2 aromatic heterocycles. The number of amides is 1. The molecule has 1 saturated heterocycles. The molecule has 118 valence electrons. The summed E-state index contributed by atoms with van der Waals surface area (Å²) < 4.78 is 1.73. The highest BCUT2D eigenvalue weighted by molar-refractivity contribution is 7.12. The lowest BCUT2D eigenvalue weighted by Crippen LogP contribution is -2.44. The summed E-state index contributed by atoms with van der Waals surface area (Å²) in [6.07, 6.45) is 2.62. The van der Waals surface area contributed by atoms with Crippen molar-refractivity contribution < 1.29 is 4.79 Å². The van der Waals surface area contributed by atoms with Crippen molar-refractivity contribution in [2.24, 2.45) is 0 Å². The van der Waals surface area contributed by atoms with Crippen LogP contribution >= 0.6 is 11.3 Å². The summed E-state index contributed by atoms with van der Waals surface area (Å²) in [6, 6.07) is 4.22. The van der Waals surface area contributed by atoms with E-state index in [9.17, 15) is 4.79 Å². The monoisotopic (exact) mass is 320 g/mol. The first-order chi connectivity index (χ1) is 10.6. The first-order valence-electron chi connectivity index (χ1n) is 7.33. The number of aromatic nitrogens is 3. The van der Waals surface area contributed by atoms with Crippen LogP contribution in [0.15, 0.2) is 18.3 Å². The van der Waals surface area contributed by atoms with Gasteiger partial charge in [0.2, 0.25) is 5.91 Å². The number of nitrogens with zero attached hydrogens (tertiary/aromatic N) is 3. The highest BCUT2D eigenvalue weighted by Crippen LogP contribution is 2.28. The molecular formula is C14H20N6OS. The number of hydrogen-bond donors (Lipinski definition) is 3. The van der Waals surface area contributed by atoms with Crippen molar-refractivity contribution in [3.63, 3.8) is 0 Å². The second-order valence-corrected chi connectivity index (χ2v) is 6.81. The van der Waals surface area contributed by atoms with Crippen LogP contribution in [-0.2, 0) is 11.3 Å². The van der Waals surface area contributed by atoms with Crippen molar-refractivity contribution in [2.45, 2.75) is 38.9 Å².